The second kappa shape index (κ2) is 7.12. The lowest BCUT2D eigenvalue weighted by molar-refractivity contribution is 0.0206. The number of halogens is 1. The maximum Gasteiger partial charge on any atom is 0.410 e. The van der Waals surface area contributed by atoms with Crippen molar-refractivity contribution >= 4 is 27.7 Å². The Morgan fingerprint density at radius 1 is 1.30 bits per heavy atom. The average Bonchev–Trinajstić information content (AvgIpc) is 2.41. The van der Waals surface area contributed by atoms with E-state index in [0.29, 0.717) is 6.54 Å². The number of carbonyl (C=O) groups excluding carboxylic acids is 1. The zero-order chi connectivity index (χ0) is 17.2. The zero-order valence-electron chi connectivity index (χ0n) is 14.7. The number of rotatable bonds is 2. The van der Waals surface area contributed by atoms with Crippen molar-refractivity contribution in [2.75, 3.05) is 18.4 Å². The first kappa shape index (κ1) is 18.1. The molecule has 1 aromatic rings. The van der Waals surface area contributed by atoms with Gasteiger partial charge in [0.2, 0.25) is 0 Å². The van der Waals surface area contributed by atoms with E-state index in [1.165, 1.54) is 16.8 Å². The Morgan fingerprint density at radius 2 is 1.91 bits per heavy atom. The number of nitrogens with zero attached hydrogens (tertiary/aromatic N) is 1. The molecule has 5 heteroatoms. The highest BCUT2D eigenvalue weighted by atomic mass is 79.9. The molecule has 4 nitrogen and oxygen atoms in total. The van der Waals surface area contributed by atoms with Crippen LogP contribution in [0.4, 0.5) is 10.5 Å². The fourth-order valence-electron chi connectivity index (χ4n) is 2.93. The van der Waals surface area contributed by atoms with Crippen LogP contribution in [0.25, 0.3) is 0 Å². The molecule has 1 aliphatic rings. The molecule has 23 heavy (non-hydrogen) atoms. The largest absolute Gasteiger partial charge is 0.444 e. The number of anilines is 1. The Bertz CT molecular complexity index is 558. The van der Waals surface area contributed by atoms with E-state index in [1.807, 2.05) is 25.7 Å². The van der Waals surface area contributed by atoms with Crippen LogP contribution in [0.5, 0.6) is 0 Å². The van der Waals surface area contributed by atoms with Gasteiger partial charge in [-0.05, 0) is 70.7 Å². The normalized spacial score (nSPS) is 18.7. The molecule has 0 saturated carbocycles. The number of ether oxygens (including phenoxy) is 1. The van der Waals surface area contributed by atoms with Crippen LogP contribution in [0.2, 0.25) is 0 Å². The Labute approximate surface area is 147 Å². The van der Waals surface area contributed by atoms with Gasteiger partial charge in [-0.15, -0.1) is 0 Å². The zero-order valence-corrected chi connectivity index (χ0v) is 16.3. The van der Waals surface area contributed by atoms with Gasteiger partial charge in [-0.25, -0.2) is 4.79 Å². The Balaban J connectivity index is 2.03. The fraction of sp³-hybridized carbons (Fsp3) is 0.611. The number of likely N-dealkylation sites (tertiary alicyclic amines) is 1. The standard InChI is InChI=1S/C18H27BrN2O2/c1-12-9-14(19)10-13(2)16(12)20-15-7-6-8-21(11-15)17(22)23-18(3,4)5/h9-10,15,20H,6-8,11H2,1-5H3. The summed E-state index contributed by atoms with van der Waals surface area (Å²) in [6, 6.07) is 4.49. The van der Waals surface area contributed by atoms with Crippen LogP contribution in [0, 0.1) is 13.8 Å². The second-order valence-electron chi connectivity index (χ2n) is 7.32. The van der Waals surface area contributed by atoms with Crippen LogP contribution in [0.3, 0.4) is 0 Å². The molecule has 1 aliphatic heterocycles. The van der Waals surface area contributed by atoms with Crippen molar-refractivity contribution in [3.05, 3.63) is 27.7 Å². The van der Waals surface area contributed by atoms with E-state index in [2.05, 4.69) is 47.2 Å². The second-order valence-corrected chi connectivity index (χ2v) is 8.24. The van der Waals surface area contributed by atoms with Crippen LogP contribution in [0.15, 0.2) is 16.6 Å². The Morgan fingerprint density at radius 3 is 2.48 bits per heavy atom. The minimum atomic E-state index is -0.448. The van der Waals surface area contributed by atoms with Gasteiger partial charge in [0.15, 0.2) is 0 Å². The molecule has 2 rings (SSSR count). The number of carbonyl (C=O) groups is 1. The summed E-state index contributed by atoms with van der Waals surface area (Å²) in [5.41, 5.74) is 3.15. The Hall–Kier alpha value is -1.23. The van der Waals surface area contributed by atoms with Gasteiger partial charge in [0, 0.05) is 29.3 Å². The minimum Gasteiger partial charge on any atom is -0.444 e. The van der Waals surface area contributed by atoms with Crippen molar-refractivity contribution in [3.63, 3.8) is 0 Å². The quantitative estimate of drug-likeness (QED) is 0.792. The van der Waals surface area contributed by atoms with E-state index in [0.717, 1.165) is 23.9 Å². The van der Waals surface area contributed by atoms with Crippen LogP contribution < -0.4 is 5.32 Å². The van der Waals surface area contributed by atoms with Crippen molar-refractivity contribution in [2.45, 2.75) is 59.1 Å². The number of hydrogen-bond acceptors (Lipinski definition) is 3. The van der Waals surface area contributed by atoms with E-state index >= 15 is 0 Å². The van der Waals surface area contributed by atoms with Gasteiger partial charge < -0.3 is 15.0 Å². The fourth-order valence-corrected chi connectivity index (χ4v) is 3.62. The Kier molecular flexibility index (Phi) is 5.61. The lowest BCUT2D eigenvalue weighted by Gasteiger charge is -2.35. The summed E-state index contributed by atoms with van der Waals surface area (Å²) in [5, 5.41) is 3.62. The SMILES string of the molecule is Cc1cc(Br)cc(C)c1NC1CCCN(C(=O)OC(C)(C)C)C1. The molecule has 1 heterocycles. The predicted octanol–water partition coefficient (Wildman–Crippen LogP) is 4.88. The van der Waals surface area contributed by atoms with Gasteiger partial charge >= 0.3 is 6.09 Å². The number of piperidine rings is 1. The molecular weight excluding hydrogens is 356 g/mol. The molecule has 128 valence electrons. The molecule has 1 aromatic carbocycles. The molecule has 1 unspecified atom stereocenters. The molecule has 1 amide bonds. The van der Waals surface area contributed by atoms with Gasteiger partial charge in [-0.3, -0.25) is 0 Å². The van der Waals surface area contributed by atoms with Gasteiger partial charge in [-0.2, -0.15) is 0 Å². The molecule has 0 aliphatic carbocycles. The molecule has 1 fully saturated rings. The van der Waals surface area contributed by atoms with Gasteiger partial charge in [-0.1, -0.05) is 15.9 Å². The molecule has 1 atom stereocenters. The van der Waals surface area contributed by atoms with Gasteiger partial charge in [0.25, 0.3) is 0 Å². The summed E-state index contributed by atoms with van der Waals surface area (Å²) < 4.78 is 6.59. The number of aryl methyl sites for hydroxylation is 2. The summed E-state index contributed by atoms with van der Waals surface area (Å²) >= 11 is 3.53. The van der Waals surface area contributed by atoms with E-state index in [1.54, 1.807) is 0 Å². The topological polar surface area (TPSA) is 41.6 Å². The third kappa shape index (κ3) is 5.13. The number of benzene rings is 1. The van der Waals surface area contributed by atoms with E-state index in [-0.39, 0.29) is 12.1 Å². The van der Waals surface area contributed by atoms with E-state index in [9.17, 15) is 4.79 Å². The highest BCUT2D eigenvalue weighted by Gasteiger charge is 2.27. The first-order valence-corrected chi connectivity index (χ1v) is 8.96. The minimum absolute atomic E-state index is 0.215. The number of amides is 1. The average molecular weight is 383 g/mol. The smallest absolute Gasteiger partial charge is 0.410 e. The highest BCUT2D eigenvalue weighted by molar-refractivity contribution is 9.10. The monoisotopic (exact) mass is 382 g/mol. The molecule has 0 radical (unpaired) electrons. The third-order valence-corrected chi connectivity index (χ3v) is 4.38. The van der Waals surface area contributed by atoms with Crippen LogP contribution in [-0.4, -0.2) is 35.7 Å². The first-order chi connectivity index (χ1) is 10.7. The lowest BCUT2D eigenvalue weighted by Crippen LogP contribution is -2.47. The summed E-state index contributed by atoms with van der Waals surface area (Å²) in [5.74, 6) is 0. The van der Waals surface area contributed by atoms with Crippen molar-refractivity contribution in [3.8, 4) is 0 Å². The van der Waals surface area contributed by atoms with Gasteiger partial charge in [0.1, 0.15) is 5.60 Å². The van der Waals surface area contributed by atoms with Crippen molar-refractivity contribution < 1.29 is 9.53 Å². The molecule has 1 N–H and O–H groups in total. The molecule has 0 aromatic heterocycles. The number of nitrogens with one attached hydrogen (secondary N) is 1. The lowest BCUT2D eigenvalue weighted by atomic mass is 10.0. The van der Waals surface area contributed by atoms with E-state index in [4.69, 9.17) is 4.74 Å². The maximum absolute atomic E-state index is 12.3. The van der Waals surface area contributed by atoms with Crippen LogP contribution in [0.1, 0.15) is 44.7 Å². The van der Waals surface area contributed by atoms with E-state index < -0.39 is 5.60 Å². The summed E-state index contributed by atoms with van der Waals surface area (Å²) in [6.07, 6.45) is 1.84. The summed E-state index contributed by atoms with van der Waals surface area (Å²) in [7, 11) is 0. The summed E-state index contributed by atoms with van der Waals surface area (Å²) in [6.45, 7) is 11.4. The third-order valence-electron chi connectivity index (χ3n) is 3.92. The van der Waals surface area contributed by atoms with Gasteiger partial charge in [0.05, 0.1) is 0 Å². The highest BCUT2D eigenvalue weighted by Crippen LogP contribution is 2.27. The van der Waals surface area contributed by atoms with Crippen molar-refractivity contribution in [1.82, 2.24) is 4.90 Å². The molecule has 0 spiro atoms. The van der Waals surface area contributed by atoms with Crippen molar-refractivity contribution in [1.29, 1.82) is 0 Å². The van der Waals surface area contributed by atoms with Crippen LogP contribution >= 0.6 is 15.9 Å². The maximum atomic E-state index is 12.3. The molecule has 0 bridgehead atoms. The summed E-state index contributed by atoms with van der Waals surface area (Å²) in [4.78, 5) is 14.1. The predicted molar refractivity (Wildman–Crippen MR) is 98.1 cm³/mol. The number of hydrogen-bond donors (Lipinski definition) is 1. The molecular formula is C18H27BrN2O2. The molecule has 1 saturated heterocycles. The van der Waals surface area contributed by atoms with Crippen molar-refractivity contribution in [2.24, 2.45) is 0 Å². The first-order valence-electron chi connectivity index (χ1n) is 8.17. The van der Waals surface area contributed by atoms with Crippen LogP contribution in [-0.2, 0) is 4.74 Å².